The lowest BCUT2D eigenvalue weighted by molar-refractivity contribution is -0.388. The van der Waals surface area contributed by atoms with E-state index in [1.54, 1.807) is 0 Å². The second-order valence-corrected chi connectivity index (χ2v) is 6.22. The molecule has 0 aliphatic carbocycles. The van der Waals surface area contributed by atoms with Gasteiger partial charge >= 0.3 is 0 Å². The predicted octanol–water partition coefficient (Wildman–Crippen LogP) is 0.764. The first-order valence-corrected chi connectivity index (χ1v) is 7.55. The van der Waals surface area contributed by atoms with Crippen molar-refractivity contribution in [1.82, 2.24) is 10.0 Å². The minimum Gasteiger partial charge on any atom is -0.315 e. The highest BCUT2D eigenvalue weighted by Crippen LogP contribution is 2.24. The van der Waals surface area contributed by atoms with Crippen LogP contribution in [0.3, 0.4) is 0 Å². The summed E-state index contributed by atoms with van der Waals surface area (Å²) in [7, 11) is -4.05. The van der Waals surface area contributed by atoms with Crippen molar-refractivity contribution in [3.63, 3.8) is 0 Å². The molecule has 9 heteroatoms. The molecule has 1 heterocycles. The van der Waals surface area contributed by atoms with E-state index in [0.29, 0.717) is 19.0 Å². The average Bonchev–Trinajstić information content (AvgIpc) is 2.38. The van der Waals surface area contributed by atoms with Crippen molar-refractivity contribution in [1.29, 1.82) is 0 Å². The van der Waals surface area contributed by atoms with Crippen LogP contribution < -0.4 is 10.0 Å². The number of hydrogen-bond acceptors (Lipinski definition) is 5. The summed E-state index contributed by atoms with van der Waals surface area (Å²) < 4.78 is 39.8. The number of sulfonamides is 1. The number of rotatable bonds is 4. The molecule has 0 bridgehead atoms. The number of benzene rings is 1. The Morgan fingerprint density at radius 2 is 2.20 bits per heavy atom. The average molecular weight is 303 g/mol. The van der Waals surface area contributed by atoms with Crippen LogP contribution in [0.2, 0.25) is 0 Å². The minimum absolute atomic E-state index is 0.321. The first-order valence-electron chi connectivity index (χ1n) is 6.07. The van der Waals surface area contributed by atoms with Gasteiger partial charge in [-0.05, 0) is 31.5 Å². The topological polar surface area (TPSA) is 101 Å². The maximum absolute atomic E-state index is 13.0. The van der Waals surface area contributed by atoms with E-state index in [1.165, 1.54) is 0 Å². The van der Waals surface area contributed by atoms with Crippen molar-refractivity contribution in [3.05, 3.63) is 34.1 Å². The van der Waals surface area contributed by atoms with E-state index >= 15 is 0 Å². The number of nitrogens with zero attached hydrogens (tertiary/aromatic N) is 1. The molecule has 1 aliphatic rings. The van der Waals surface area contributed by atoms with Gasteiger partial charge in [-0.25, -0.2) is 17.5 Å². The summed E-state index contributed by atoms with van der Waals surface area (Å²) in [5.74, 6) is -0.852. The van der Waals surface area contributed by atoms with E-state index in [-0.39, 0.29) is 6.04 Å². The van der Waals surface area contributed by atoms with Crippen LogP contribution >= 0.6 is 0 Å². The van der Waals surface area contributed by atoms with Gasteiger partial charge in [-0.2, -0.15) is 0 Å². The summed E-state index contributed by atoms with van der Waals surface area (Å²) in [5.41, 5.74) is -0.763. The largest absolute Gasteiger partial charge is 0.315 e. The number of halogens is 1. The van der Waals surface area contributed by atoms with Crippen LogP contribution in [0, 0.1) is 15.9 Å². The fourth-order valence-electron chi connectivity index (χ4n) is 2.10. The second kappa shape index (κ2) is 5.81. The van der Waals surface area contributed by atoms with Crippen molar-refractivity contribution in [2.24, 2.45) is 0 Å². The van der Waals surface area contributed by atoms with Crippen LogP contribution in [0.4, 0.5) is 10.1 Å². The molecule has 2 N–H and O–H groups in total. The molecule has 1 fully saturated rings. The number of nitro benzene ring substituents is 1. The van der Waals surface area contributed by atoms with Gasteiger partial charge < -0.3 is 5.32 Å². The van der Waals surface area contributed by atoms with Crippen LogP contribution in [0.5, 0.6) is 0 Å². The molecule has 0 spiro atoms. The Labute approximate surface area is 115 Å². The van der Waals surface area contributed by atoms with Gasteiger partial charge in [0.1, 0.15) is 5.82 Å². The monoisotopic (exact) mass is 303 g/mol. The smallest absolute Gasteiger partial charge is 0.292 e. The normalized spacial score (nSPS) is 19.8. The minimum atomic E-state index is -4.05. The predicted molar refractivity (Wildman–Crippen MR) is 69.3 cm³/mol. The van der Waals surface area contributed by atoms with Crippen LogP contribution in [-0.4, -0.2) is 32.5 Å². The fraction of sp³-hybridized carbons (Fsp3) is 0.455. The van der Waals surface area contributed by atoms with Gasteiger partial charge in [0.15, 0.2) is 4.90 Å². The van der Waals surface area contributed by atoms with E-state index in [2.05, 4.69) is 10.0 Å². The van der Waals surface area contributed by atoms with Crippen LogP contribution in [0.1, 0.15) is 12.8 Å². The highest BCUT2D eigenvalue weighted by atomic mass is 32.2. The highest BCUT2D eigenvalue weighted by molar-refractivity contribution is 7.89. The van der Waals surface area contributed by atoms with Crippen molar-refractivity contribution in [2.45, 2.75) is 23.8 Å². The van der Waals surface area contributed by atoms with Crippen molar-refractivity contribution >= 4 is 15.7 Å². The molecular weight excluding hydrogens is 289 g/mol. The third kappa shape index (κ3) is 3.30. The van der Waals surface area contributed by atoms with E-state index < -0.39 is 31.3 Å². The zero-order chi connectivity index (χ0) is 14.8. The number of nitro groups is 1. The van der Waals surface area contributed by atoms with Gasteiger partial charge in [-0.1, -0.05) is 0 Å². The molecule has 0 saturated carbocycles. The molecule has 110 valence electrons. The molecule has 7 nitrogen and oxygen atoms in total. The molecule has 1 aromatic rings. The quantitative estimate of drug-likeness (QED) is 0.632. The van der Waals surface area contributed by atoms with E-state index in [1.807, 2.05) is 0 Å². The lowest BCUT2D eigenvalue weighted by Gasteiger charge is -2.23. The summed E-state index contributed by atoms with van der Waals surface area (Å²) in [4.78, 5) is 9.42. The number of hydrogen-bond donors (Lipinski definition) is 2. The van der Waals surface area contributed by atoms with Crippen molar-refractivity contribution < 1.29 is 17.7 Å². The number of piperidine rings is 1. The molecule has 2 rings (SSSR count). The fourth-order valence-corrected chi connectivity index (χ4v) is 3.52. The van der Waals surface area contributed by atoms with Gasteiger partial charge in [0.2, 0.25) is 10.0 Å². The van der Waals surface area contributed by atoms with Crippen molar-refractivity contribution in [2.75, 3.05) is 13.1 Å². The summed E-state index contributed by atoms with van der Waals surface area (Å²) in [5, 5.41) is 13.9. The Morgan fingerprint density at radius 3 is 2.80 bits per heavy atom. The maximum Gasteiger partial charge on any atom is 0.292 e. The zero-order valence-corrected chi connectivity index (χ0v) is 11.3. The lowest BCUT2D eigenvalue weighted by Crippen LogP contribution is -2.45. The highest BCUT2D eigenvalue weighted by Gasteiger charge is 2.29. The van der Waals surface area contributed by atoms with E-state index in [0.717, 1.165) is 25.1 Å². The standard InChI is InChI=1S/C11H14FN3O4S/c12-8-3-4-11(10(6-8)15(16)17)20(18,19)14-9-2-1-5-13-7-9/h3-4,6,9,13-14H,1-2,5,7H2. The third-order valence-electron chi connectivity index (χ3n) is 3.03. The maximum atomic E-state index is 13.0. The Kier molecular flexibility index (Phi) is 4.31. The van der Waals surface area contributed by atoms with Gasteiger partial charge in [-0.15, -0.1) is 0 Å². The van der Waals surface area contributed by atoms with Gasteiger partial charge in [0.05, 0.1) is 11.0 Å². The Bertz CT molecular complexity index is 614. The number of nitrogens with one attached hydrogen (secondary N) is 2. The first kappa shape index (κ1) is 14.8. The molecular formula is C11H14FN3O4S. The summed E-state index contributed by atoms with van der Waals surface area (Å²) in [6, 6.07) is 2.08. The lowest BCUT2D eigenvalue weighted by atomic mass is 10.1. The second-order valence-electron chi connectivity index (χ2n) is 4.53. The summed E-state index contributed by atoms with van der Waals surface area (Å²) >= 11 is 0. The van der Waals surface area contributed by atoms with E-state index in [4.69, 9.17) is 0 Å². The molecule has 0 amide bonds. The molecule has 20 heavy (non-hydrogen) atoms. The van der Waals surface area contributed by atoms with Gasteiger partial charge in [0, 0.05) is 12.6 Å². The molecule has 1 unspecified atom stereocenters. The zero-order valence-electron chi connectivity index (χ0n) is 10.5. The van der Waals surface area contributed by atoms with Crippen molar-refractivity contribution in [3.8, 4) is 0 Å². The van der Waals surface area contributed by atoms with Crippen LogP contribution in [0.25, 0.3) is 0 Å². The molecule has 0 radical (unpaired) electrons. The van der Waals surface area contributed by atoms with E-state index in [9.17, 15) is 22.9 Å². The van der Waals surface area contributed by atoms with Crippen LogP contribution in [-0.2, 0) is 10.0 Å². The molecule has 1 atom stereocenters. The summed E-state index contributed by atoms with van der Waals surface area (Å²) in [6.45, 7) is 1.28. The molecule has 1 saturated heterocycles. The Balaban J connectivity index is 2.31. The Hall–Kier alpha value is -1.58. The van der Waals surface area contributed by atoms with Gasteiger partial charge in [-0.3, -0.25) is 10.1 Å². The first-order chi connectivity index (χ1) is 9.40. The van der Waals surface area contributed by atoms with Crippen LogP contribution in [0.15, 0.2) is 23.1 Å². The SMILES string of the molecule is O=[N+]([O-])c1cc(F)ccc1S(=O)(=O)NC1CCCNC1. The third-order valence-corrected chi connectivity index (χ3v) is 4.59. The summed E-state index contributed by atoms with van der Waals surface area (Å²) in [6.07, 6.45) is 1.47. The molecule has 1 aliphatic heterocycles. The van der Waals surface area contributed by atoms with Gasteiger partial charge in [0.25, 0.3) is 5.69 Å². The Morgan fingerprint density at radius 1 is 1.45 bits per heavy atom. The molecule has 0 aromatic heterocycles. The molecule has 1 aromatic carbocycles.